The van der Waals surface area contributed by atoms with Crippen molar-refractivity contribution >= 4 is 0 Å². The van der Waals surface area contributed by atoms with E-state index in [1.165, 1.54) is 18.5 Å². The van der Waals surface area contributed by atoms with Crippen molar-refractivity contribution in [1.29, 1.82) is 0 Å². The van der Waals surface area contributed by atoms with Crippen LogP contribution in [0, 0.1) is 0 Å². The summed E-state index contributed by atoms with van der Waals surface area (Å²) in [7, 11) is 0. The Kier molecular flexibility index (Phi) is 1.78. The van der Waals surface area contributed by atoms with Gasteiger partial charge in [-0.25, -0.2) is 0 Å². The second-order valence-electron chi connectivity index (χ2n) is 1.98. The molecule has 0 atom stereocenters. The zero-order valence-electron chi connectivity index (χ0n) is 5.20. The molecule has 1 rings (SSSR count). The lowest BCUT2D eigenvalue weighted by Gasteiger charge is -1.96. The fourth-order valence-corrected chi connectivity index (χ4v) is 0.820. The maximum atomic E-state index is 3.21. The first-order chi connectivity index (χ1) is 3.93. The monoisotopic (exact) mass is 112 g/mol. The summed E-state index contributed by atoms with van der Waals surface area (Å²) < 4.78 is 0. The van der Waals surface area contributed by atoms with Gasteiger partial charge in [-0.3, -0.25) is 0 Å². The third-order valence-electron chi connectivity index (χ3n) is 1.21. The molecule has 2 nitrogen and oxygen atoms in total. The zero-order valence-corrected chi connectivity index (χ0v) is 5.20. The van der Waals surface area contributed by atoms with Gasteiger partial charge in [0.15, 0.2) is 0 Å². The first-order valence-corrected chi connectivity index (χ1v) is 3.10. The Morgan fingerprint density at radius 3 is 3.12 bits per heavy atom. The summed E-state index contributed by atoms with van der Waals surface area (Å²) in [6.45, 7) is 3.09. The van der Waals surface area contributed by atoms with E-state index in [1.54, 1.807) is 0 Å². The molecule has 46 valence electrons. The molecule has 0 aliphatic carbocycles. The average molecular weight is 112 g/mol. The van der Waals surface area contributed by atoms with Gasteiger partial charge in [-0.15, -0.1) is 0 Å². The largest absolute Gasteiger partial charge is 0.372 e. The van der Waals surface area contributed by atoms with Gasteiger partial charge in [0.2, 0.25) is 0 Å². The summed E-state index contributed by atoms with van der Waals surface area (Å²) in [5, 5.41) is 6.29. The Balaban J connectivity index is 2.23. The van der Waals surface area contributed by atoms with E-state index in [9.17, 15) is 0 Å². The van der Waals surface area contributed by atoms with Crippen molar-refractivity contribution in [2.75, 3.05) is 6.67 Å². The second-order valence-corrected chi connectivity index (χ2v) is 1.98. The van der Waals surface area contributed by atoms with Crippen molar-refractivity contribution in [3.8, 4) is 0 Å². The minimum absolute atomic E-state index is 0.912. The topological polar surface area (TPSA) is 24.1 Å². The lowest BCUT2D eigenvalue weighted by Crippen LogP contribution is -2.13. The Labute approximate surface area is 50.0 Å². The summed E-state index contributed by atoms with van der Waals surface area (Å²) in [6.07, 6.45) is 4.44. The van der Waals surface area contributed by atoms with Gasteiger partial charge in [0.05, 0.1) is 6.67 Å². The minimum atomic E-state index is 0.912. The normalized spacial score (nSPS) is 16.9. The first kappa shape index (κ1) is 5.48. The Hall–Kier alpha value is -0.660. The summed E-state index contributed by atoms with van der Waals surface area (Å²) in [5.74, 6) is 0. The maximum Gasteiger partial charge on any atom is 0.0843 e. The van der Waals surface area contributed by atoms with Crippen molar-refractivity contribution in [1.82, 2.24) is 10.6 Å². The van der Waals surface area contributed by atoms with Crippen molar-refractivity contribution < 1.29 is 0 Å². The summed E-state index contributed by atoms with van der Waals surface area (Å²) in [5.41, 5.74) is 1.34. The van der Waals surface area contributed by atoms with E-state index in [-0.39, 0.29) is 0 Å². The summed E-state index contributed by atoms with van der Waals surface area (Å²) >= 11 is 0. The van der Waals surface area contributed by atoms with Gasteiger partial charge in [0.25, 0.3) is 0 Å². The van der Waals surface area contributed by atoms with Gasteiger partial charge in [-0.05, 0) is 6.42 Å². The van der Waals surface area contributed by atoms with Crippen molar-refractivity contribution in [2.45, 2.75) is 19.8 Å². The lowest BCUT2D eigenvalue weighted by atomic mass is 10.3. The minimum Gasteiger partial charge on any atom is -0.372 e. The fraction of sp³-hybridized carbons (Fsp3) is 0.667. The van der Waals surface area contributed by atoms with Gasteiger partial charge < -0.3 is 10.6 Å². The smallest absolute Gasteiger partial charge is 0.0843 e. The van der Waals surface area contributed by atoms with Gasteiger partial charge in [-0.1, -0.05) is 13.3 Å². The molecule has 0 aromatic carbocycles. The highest BCUT2D eigenvalue weighted by atomic mass is 15.1. The summed E-state index contributed by atoms with van der Waals surface area (Å²) in [6, 6.07) is 0. The van der Waals surface area contributed by atoms with E-state index in [0.717, 1.165) is 6.67 Å². The van der Waals surface area contributed by atoms with Crippen LogP contribution in [0.1, 0.15) is 19.8 Å². The van der Waals surface area contributed by atoms with Crippen LogP contribution in [-0.4, -0.2) is 6.67 Å². The molecule has 0 saturated carbocycles. The molecule has 0 aromatic heterocycles. The molecule has 0 bridgehead atoms. The lowest BCUT2D eigenvalue weighted by molar-refractivity contribution is 0.764. The summed E-state index contributed by atoms with van der Waals surface area (Å²) in [4.78, 5) is 0. The van der Waals surface area contributed by atoms with E-state index in [2.05, 4.69) is 17.6 Å². The van der Waals surface area contributed by atoms with Crippen LogP contribution in [0.5, 0.6) is 0 Å². The van der Waals surface area contributed by atoms with Crippen LogP contribution in [0.25, 0.3) is 0 Å². The molecule has 0 spiro atoms. The Bertz CT molecular complexity index is 96.7. The molecule has 1 aliphatic rings. The molecule has 0 unspecified atom stereocenters. The van der Waals surface area contributed by atoms with Crippen LogP contribution in [0.15, 0.2) is 11.9 Å². The molecule has 0 radical (unpaired) electrons. The van der Waals surface area contributed by atoms with E-state index in [4.69, 9.17) is 0 Å². The SMILES string of the molecule is CCCC1=CNCN1. The highest BCUT2D eigenvalue weighted by molar-refractivity contribution is 5.02. The Morgan fingerprint density at radius 2 is 2.62 bits per heavy atom. The van der Waals surface area contributed by atoms with Crippen molar-refractivity contribution in [3.63, 3.8) is 0 Å². The van der Waals surface area contributed by atoms with Crippen molar-refractivity contribution in [2.24, 2.45) is 0 Å². The van der Waals surface area contributed by atoms with Gasteiger partial charge in [-0.2, -0.15) is 0 Å². The molecule has 0 fully saturated rings. The van der Waals surface area contributed by atoms with E-state index in [1.807, 2.05) is 6.20 Å². The number of rotatable bonds is 2. The Morgan fingerprint density at radius 1 is 1.75 bits per heavy atom. The molecule has 1 heterocycles. The molecular weight excluding hydrogens is 100 g/mol. The van der Waals surface area contributed by atoms with Crippen LogP contribution in [0.2, 0.25) is 0 Å². The predicted octanol–water partition coefficient (Wildman–Crippen LogP) is 0.778. The van der Waals surface area contributed by atoms with E-state index in [0.29, 0.717) is 0 Å². The molecular formula is C6H12N2. The molecule has 1 aliphatic heterocycles. The number of hydrogen-bond donors (Lipinski definition) is 2. The molecule has 8 heavy (non-hydrogen) atoms. The van der Waals surface area contributed by atoms with E-state index < -0.39 is 0 Å². The molecule has 0 saturated heterocycles. The van der Waals surface area contributed by atoms with Gasteiger partial charge in [0, 0.05) is 11.9 Å². The third kappa shape index (κ3) is 1.15. The van der Waals surface area contributed by atoms with Crippen molar-refractivity contribution in [3.05, 3.63) is 11.9 Å². The number of allylic oxidation sites excluding steroid dienone is 1. The highest BCUT2D eigenvalue weighted by Crippen LogP contribution is 2.00. The number of nitrogens with one attached hydrogen (secondary N) is 2. The van der Waals surface area contributed by atoms with Crippen LogP contribution in [-0.2, 0) is 0 Å². The molecule has 2 heteroatoms. The quantitative estimate of drug-likeness (QED) is 0.551. The van der Waals surface area contributed by atoms with Crippen LogP contribution in [0.4, 0.5) is 0 Å². The first-order valence-electron chi connectivity index (χ1n) is 3.10. The maximum absolute atomic E-state index is 3.21. The zero-order chi connectivity index (χ0) is 5.82. The third-order valence-corrected chi connectivity index (χ3v) is 1.21. The van der Waals surface area contributed by atoms with E-state index >= 15 is 0 Å². The van der Waals surface area contributed by atoms with Crippen LogP contribution in [0.3, 0.4) is 0 Å². The van der Waals surface area contributed by atoms with Gasteiger partial charge >= 0.3 is 0 Å². The standard InChI is InChI=1S/C6H12N2/c1-2-3-6-4-7-5-8-6/h4,7-8H,2-3,5H2,1H3. The van der Waals surface area contributed by atoms with Gasteiger partial charge in [0.1, 0.15) is 0 Å². The molecule has 0 aromatic rings. The number of hydrogen-bond acceptors (Lipinski definition) is 2. The van der Waals surface area contributed by atoms with Crippen LogP contribution < -0.4 is 10.6 Å². The molecule has 0 amide bonds. The van der Waals surface area contributed by atoms with Crippen LogP contribution >= 0.6 is 0 Å². The predicted molar refractivity (Wildman–Crippen MR) is 34.1 cm³/mol. The fourth-order valence-electron chi connectivity index (χ4n) is 0.820. The molecule has 2 N–H and O–H groups in total. The second kappa shape index (κ2) is 2.60. The average Bonchev–Trinajstić information content (AvgIpc) is 2.19. The highest BCUT2D eigenvalue weighted by Gasteiger charge is 1.97.